The number of fused-ring (bicyclic) bond motifs is 1. The molecule has 0 aliphatic rings. The Bertz CT molecular complexity index is 992. The number of ether oxygens (including phenoxy) is 1. The van der Waals surface area contributed by atoms with E-state index in [9.17, 15) is 14.0 Å². The zero-order valence-electron chi connectivity index (χ0n) is 14.1. The summed E-state index contributed by atoms with van der Waals surface area (Å²) in [5.41, 5.74) is 2.64. The third-order valence-corrected chi connectivity index (χ3v) is 4.14. The molecule has 0 atom stereocenters. The van der Waals surface area contributed by atoms with Crippen molar-refractivity contribution in [2.45, 2.75) is 6.92 Å². The fourth-order valence-corrected chi connectivity index (χ4v) is 2.75. The van der Waals surface area contributed by atoms with Crippen molar-refractivity contribution in [2.24, 2.45) is 7.05 Å². The molecule has 0 spiro atoms. The number of aromatic nitrogens is 1. The van der Waals surface area contributed by atoms with Gasteiger partial charge in [0.25, 0.3) is 5.91 Å². The number of nitrogens with one attached hydrogen (secondary N) is 1. The number of aryl methyl sites for hydroxylation is 2. The van der Waals surface area contributed by atoms with Crippen LogP contribution in [0.15, 0.2) is 42.5 Å². The number of amides is 1. The van der Waals surface area contributed by atoms with Gasteiger partial charge in [0.2, 0.25) is 0 Å². The summed E-state index contributed by atoms with van der Waals surface area (Å²) in [5, 5.41) is 3.53. The normalized spacial score (nSPS) is 10.7. The lowest BCUT2D eigenvalue weighted by Gasteiger charge is -2.09. The van der Waals surface area contributed by atoms with Crippen molar-refractivity contribution in [3.63, 3.8) is 0 Å². The van der Waals surface area contributed by atoms with E-state index in [4.69, 9.17) is 4.74 Å². The van der Waals surface area contributed by atoms with Gasteiger partial charge < -0.3 is 14.6 Å². The van der Waals surface area contributed by atoms with E-state index < -0.39 is 5.97 Å². The molecule has 0 fully saturated rings. The maximum atomic E-state index is 13.4. The summed E-state index contributed by atoms with van der Waals surface area (Å²) < 4.78 is 19.8. The van der Waals surface area contributed by atoms with Gasteiger partial charge in [-0.05, 0) is 48.9 Å². The van der Waals surface area contributed by atoms with Gasteiger partial charge in [-0.2, -0.15) is 0 Å². The van der Waals surface area contributed by atoms with Crippen LogP contribution in [0.4, 0.5) is 10.1 Å². The molecule has 2 aromatic carbocycles. The van der Waals surface area contributed by atoms with E-state index in [1.807, 2.05) is 0 Å². The van der Waals surface area contributed by atoms with Crippen molar-refractivity contribution in [3.05, 3.63) is 65.1 Å². The number of anilines is 1. The average Bonchev–Trinajstić information content (AvgIpc) is 2.92. The molecule has 0 saturated carbocycles. The summed E-state index contributed by atoms with van der Waals surface area (Å²) >= 11 is 0. The van der Waals surface area contributed by atoms with Crippen molar-refractivity contribution >= 4 is 28.5 Å². The van der Waals surface area contributed by atoms with Gasteiger partial charge in [-0.15, -0.1) is 0 Å². The maximum Gasteiger partial charge on any atom is 0.338 e. The van der Waals surface area contributed by atoms with Crippen molar-refractivity contribution in [1.29, 1.82) is 0 Å². The molecule has 0 radical (unpaired) electrons. The van der Waals surface area contributed by atoms with Crippen molar-refractivity contribution in [1.82, 2.24) is 4.57 Å². The van der Waals surface area contributed by atoms with E-state index in [0.717, 1.165) is 10.9 Å². The molecular formula is C19H17FN2O3. The fraction of sp³-hybridized carbons (Fsp3) is 0.158. The average molecular weight is 340 g/mol. The van der Waals surface area contributed by atoms with E-state index >= 15 is 0 Å². The van der Waals surface area contributed by atoms with Gasteiger partial charge in [0.15, 0.2) is 0 Å². The SMILES string of the molecule is COC(=O)c1cc(NC(=O)c2cc3ccc(F)cc3n2C)ccc1C. The lowest BCUT2D eigenvalue weighted by Crippen LogP contribution is -2.16. The quantitative estimate of drug-likeness (QED) is 0.740. The zero-order chi connectivity index (χ0) is 18.1. The first-order chi connectivity index (χ1) is 11.9. The molecule has 0 bridgehead atoms. The van der Waals surface area contributed by atoms with Crippen LogP contribution >= 0.6 is 0 Å². The number of esters is 1. The van der Waals surface area contributed by atoms with Crippen LogP contribution in [0, 0.1) is 12.7 Å². The van der Waals surface area contributed by atoms with Gasteiger partial charge in [-0.25, -0.2) is 9.18 Å². The van der Waals surface area contributed by atoms with E-state index in [1.54, 1.807) is 48.9 Å². The van der Waals surface area contributed by atoms with Crippen LogP contribution in [-0.2, 0) is 11.8 Å². The minimum Gasteiger partial charge on any atom is -0.465 e. The van der Waals surface area contributed by atoms with Crippen LogP contribution < -0.4 is 5.32 Å². The highest BCUT2D eigenvalue weighted by molar-refractivity contribution is 6.07. The van der Waals surface area contributed by atoms with Crippen LogP contribution in [0.2, 0.25) is 0 Å². The van der Waals surface area contributed by atoms with Gasteiger partial charge in [0.05, 0.1) is 18.2 Å². The van der Waals surface area contributed by atoms with Gasteiger partial charge in [-0.1, -0.05) is 6.07 Å². The first-order valence-electron chi connectivity index (χ1n) is 7.66. The number of hydrogen-bond acceptors (Lipinski definition) is 3. The summed E-state index contributed by atoms with van der Waals surface area (Å²) in [6, 6.07) is 11.1. The van der Waals surface area contributed by atoms with Gasteiger partial charge in [0.1, 0.15) is 11.5 Å². The molecule has 0 saturated heterocycles. The summed E-state index contributed by atoms with van der Waals surface area (Å²) in [4.78, 5) is 24.4. The topological polar surface area (TPSA) is 60.3 Å². The Balaban J connectivity index is 1.93. The number of carbonyl (C=O) groups is 2. The molecule has 128 valence electrons. The number of hydrogen-bond donors (Lipinski definition) is 1. The smallest absolute Gasteiger partial charge is 0.338 e. The first kappa shape index (κ1) is 16.7. The Kier molecular flexibility index (Phi) is 4.27. The summed E-state index contributed by atoms with van der Waals surface area (Å²) in [5.74, 6) is -1.17. The van der Waals surface area contributed by atoms with Gasteiger partial charge >= 0.3 is 5.97 Å². The maximum absolute atomic E-state index is 13.4. The van der Waals surface area contributed by atoms with E-state index in [0.29, 0.717) is 22.5 Å². The number of benzene rings is 2. The molecule has 5 nitrogen and oxygen atoms in total. The molecule has 6 heteroatoms. The molecule has 0 unspecified atom stereocenters. The Labute approximate surface area is 144 Å². The number of nitrogens with zero attached hydrogens (tertiary/aromatic N) is 1. The van der Waals surface area contributed by atoms with E-state index in [-0.39, 0.29) is 11.7 Å². The second-order valence-electron chi connectivity index (χ2n) is 5.77. The molecule has 3 rings (SSSR count). The standard InChI is InChI=1S/C19H17FN2O3/c1-11-4-7-14(10-15(11)19(24)25-3)21-18(23)17-8-12-5-6-13(20)9-16(12)22(17)2/h4-10H,1-3H3,(H,21,23). The fourth-order valence-electron chi connectivity index (χ4n) is 2.75. The number of rotatable bonds is 3. The van der Waals surface area contributed by atoms with Crippen LogP contribution in [-0.4, -0.2) is 23.6 Å². The third-order valence-electron chi connectivity index (χ3n) is 4.14. The summed E-state index contributed by atoms with van der Waals surface area (Å²) in [7, 11) is 3.01. The van der Waals surface area contributed by atoms with Crippen LogP contribution in [0.1, 0.15) is 26.4 Å². The molecule has 0 aliphatic heterocycles. The molecule has 1 heterocycles. The van der Waals surface area contributed by atoms with E-state index in [1.165, 1.54) is 19.2 Å². The molecule has 1 aromatic heterocycles. The monoisotopic (exact) mass is 340 g/mol. The second-order valence-corrected chi connectivity index (χ2v) is 5.77. The minimum absolute atomic E-state index is 0.348. The van der Waals surface area contributed by atoms with Crippen LogP contribution in [0.3, 0.4) is 0 Å². The zero-order valence-corrected chi connectivity index (χ0v) is 14.1. The Morgan fingerprint density at radius 2 is 1.88 bits per heavy atom. The number of carbonyl (C=O) groups excluding carboxylic acids is 2. The van der Waals surface area contributed by atoms with Crippen molar-refractivity contribution < 1.29 is 18.7 Å². The Hall–Kier alpha value is -3.15. The molecule has 25 heavy (non-hydrogen) atoms. The Morgan fingerprint density at radius 3 is 2.60 bits per heavy atom. The number of methoxy groups -OCH3 is 1. The third kappa shape index (κ3) is 3.10. The second kappa shape index (κ2) is 6.39. The molecule has 0 aliphatic carbocycles. The number of halogens is 1. The molecule has 3 aromatic rings. The highest BCUT2D eigenvalue weighted by Gasteiger charge is 2.16. The summed E-state index contributed by atoms with van der Waals surface area (Å²) in [6.45, 7) is 1.79. The van der Waals surface area contributed by atoms with Gasteiger partial charge in [0, 0.05) is 18.1 Å². The summed E-state index contributed by atoms with van der Waals surface area (Å²) in [6.07, 6.45) is 0. The van der Waals surface area contributed by atoms with E-state index in [2.05, 4.69) is 5.32 Å². The van der Waals surface area contributed by atoms with Crippen molar-refractivity contribution in [3.8, 4) is 0 Å². The highest BCUT2D eigenvalue weighted by Crippen LogP contribution is 2.22. The largest absolute Gasteiger partial charge is 0.465 e. The molecular weight excluding hydrogens is 323 g/mol. The predicted molar refractivity (Wildman–Crippen MR) is 93.3 cm³/mol. The lowest BCUT2D eigenvalue weighted by atomic mass is 10.1. The predicted octanol–water partition coefficient (Wildman–Crippen LogP) is 3.66. The van der Waals surface area contributed by atoms with Crippen LogP contribution in [0.25, 0.3) is 10.9 Å². The minimum atomic E-state index is -0.464. The lowest BCUT2D eigenvalue weighted by molar-refractivity contribution is 0.0599. The first-order valence-corrected chi connectivity index (χ1v) is 7.66. The van der Waals surface area contributed by atoms with Gasteiger partial charge in [-0.3, -0.25) is 4.79 Å². The van der Waals surface area contributed by atoms with Crippen molar-refractivity contribution in [2.75, 3.05) is 12.4 Å². The molecule has 1 amide bonds. The highest BCUT2D eigenvalue weighted by atomic mass is 19.1. The Morgan fingerprint density at radius 1 is 1.12 bits per heavy atom. The molecule has 1 N–H and O–H groups in total. The van der Waals surface area contributed by atoms with Crippen LogP contribution in [0.5, 0.6) is 0 Å².